The molecule has 1 N–H and O–H groups in total. The number of ether oxygens (including phenoxy) is 3. The number of aromatic amines is 1. The Labute approximate surface area is 159 Å². The SMILES string of the molecule is COc1cc(Cl)cc2c(COC(=O)N3CCOCC3)c([Si](C)(C)C)[nH]c12. The predicted octanol–water partition coefficient (Wildman–Crippen LogP) is 3.34. The fourth-order valence-electron chi connectivity index (χ4n) is 3.21. The quantitative estimate of drug-likeness (QED) is 0.805. The van der Waals surface area contributed by atoms with Gasteiger partial charge in [-0.2, -0.15) is 0 Å². The van der Waals surface area contributed by atoms with Gasteiger partial charge in [-0.3, -0.25) is 0 Å². The highest BCUT2D eigenvalue weighted by Gasteiger charge is 2.27. The Hall–Kier alpha value is -1.70. The number of hydrogen-bond acceptors (Lipinski definition) is 4. The molecule has 1 aromatic heterocycles. The lowest BCUT2D eigenvalue weighted by Crippen LogP contribution is -2.42. The average molecular weight is 397 g/mol. The van der Waals surface area contributed by atoms with E-state index in [-0.39, 0.29) is 12.7 Å². The Kier molecular flexibility index (Phi) is 5.50. The Bertz CT molecular complexity index is 810. The molecule has 0 aliphatic carbocycles. The molecule has 1 amide bonds. The first-order chi connectivity index (χ1) is 12.3. The summed E-state index contributed by atoms with van der Waals surface area (Å²) in [5.41, 5.74) is 1.88. The van der Waals surface area contributed by atoms with E-state index in [9.17, 15) is 4.79 Å². The molecule has 6 nitrogen and oxygen atoms in total. The number of amides is 1. The maximum absolute atomic E-state index is 12.4. The van der Waals surface area contributed by atoms with E-state index in [1.54, 1.807) is 18.1 Å². The zero-order chi connectivity index (χ0) is 18.9. The molecule has 26 heavy (non-hydrogen) atoms. The molecule has 2 heterocycles. The van der Waals surface area contributed by atoms with Crippen molar-refractivity contribution in [2.24, 2.45) is 0 Å². The molecule has 0 atom stereocenters. The van der Waals surface area contributed by atoms with E-state index in [0.29, 0.717) is 37.1 Å². The number of fused-ring (bicyclic) bond motifs is 1. The molecule has 1 aliphatic rings. The number of nitrogens with zero attached hydrogens (tertiary/aromatic N) is 1. The zero-order valence-corrected chi connectivity index (χ0v) is 17.4. The Morgan fingerprint density at radius 3 is 2.62 bits per heavy atom. The number of carbonyl (C=O) groups excluding carboxylic acids is 1. The number of benzene rings is 1. The number of morpholine rings is 1. The summed E-state index contributed by atoms with van der Waals surface area (Å²) < 4.78 is 16.4. The topological polar surface area (TPSA) is 63.8 Å². The van der Waals surface area contributed by atoms with Gasteiger partial charge in [0.05, 0.1) is 33.9 Å². The van der Waals surface area contributed by atoms with Crippen LogP contribution in [0.2, 0.25) is 24.7 Å². The minimum absolute atomic E-state index is 0.208. The average Bonchev–Trinajstić information content (AvgIpc) is 2.98. The van der Waals surface area contributed by atoms with Gasteiger partial charge in [-0.15, -0.1) is 0 Å². The van der Waals surface area contributed by atoms with Crippen LogP contribution in [0, 0.1) is 0 Å². The number of hydrogen-bond donors (Lipinski definition) is 1. The van der Waals surface area contributed by atoms with Gasteiger partial charge in [0.1, 0.15) is 12.4 Å². The van der Waals surface area contributed by atoms with Crippen molar-refractivity contribution in [1.29, 1.82) is 0 Å². The summed E-state index contributed by atoms with van der Waals surface area (Å²) >= 11 is 6.27. The molecule has 0 radical (unpaired) electrons. The van der Waals surface area contributed by atoms with E-state index < -0.39 is 8.07 Å². The van der Waals surface area contributed by atoms with Crippen LogP contribution in [0.4, 0.5) is 4.79 Å². The van der Waals surface area contributed by atoms with Crippen LogP contribution in [-0.4, -0.2) is 57.5 Å². The summed E-state index contributed by atoms with van der Waals surface area (Å²) in [6.07, 6.45) is -0.307. The Morgan fingerprint density at radius 2 is 2.00 bits per heavy atom. The predicted molar refractivity (Wildman–Crippen MR) is 105 cm³/mol. The highest BCUT2D eigenvalue weighted by Crippen LogP contribution is 2.32. The first-order valence-corrected chi connectivity index (χ1v) is 12.6. The lowest BCUT2D eigenvalue weighted by molar-refractivity contribution is 0.0251. The second-order valence-corrected chi connectivity index (χ2v) is 12.8. The van der Waals surface area contributed by atoms with Crippen molar-refractivity contribution in [3.8, 4) is 5.75 Å². The minimum atomic E-state index is -1.70. The van der Waals surface area contributed by atoms with E-state index in [1.807, 2.05) is 6.07 Å². The van der Waals surface area contributed by atoms with E-state index in [4.69, 9.17) is 25.8 Å². The number of carbonyl (C=O) groups is 1. The van der Waals surface area contributed by atoms with Crippen LogP contribution in [0.15, 0.2) is 12.1 Å². The van der Waals surface area contributed by atoms with Crippen LogP contribution in [0.5, 0.6) is 5.75 Å². The fraction of sp³-hybridized carbons (Fsp3) is 0.500. The Balaban J connectivity index is 1.94. The van der Waals surface area contributed by atoms with E-state index in [1.165, 1.54) is 0 Å². The van der Waals surface area contributed by atoms with Crippen LogP contribution in [0.3, 0.4) is 0 Å². The monoisotopic (exact) mass is 396 g/mol. The molecule has 0 unspecified atom stereocenters. The maximum atomic E-state index is 12.4. The molecular weight excluding hydrogens is 372 g/mol. The molecule has 3 rings (SSSR count). The van der Waals surface area contributed by atoms with Gasteiger partial charge in [-0.25, -0.2) is 4.79 Å². The third kappa shape index (κ3) is 3.84. The second-order valence-electron chi connectivity index (χ2n) is 7.41. The third-order valence-electron chi connectivity index (χ3n) is 4.52. The molecule has 0 bridgehead atoms. The molecule has 2 aromatic rings. The van der Waals surface area contributed by atoms with Crippen LogP contribution in [0.25, 0.3) is 10.9 Å². The summed E-state index contributed by atoms with van der Waals surface area (Å²) in [7, 11) is -0.0814. The first kappa shape index (κ1) is 19.1. The molecule has 0 saturated carbocycles. The first-order valence-electron chi connectivity index (χ1n) is 8.69. The number of rotatable bonds is 4. The van der Waals surface area contributed by atoms with Crippen LogP contribution >= 0.6 is 11.6 Å². The highest BCUT2D eigenvalue weighted by molar-refractivity contribution is 6.88. The third-order valence-corrected chi connectivity index (χ3v) is 6.67. The van der Waals surface area contributed by atoms with Crippen molar-refractivity contribution in [1.82, 2.24) is 9.88 Å². The molecule has 142 valence electrons. The van der Waals surface area contributed by atoms with Crippen molar-refractivity contribution in [2.75, 3.05) is 33.4 Å². The van der Waals surface area contributed by atoms with Crippen LogP contribution in [0.1, 0.15) is 5.56 Å². The molecule has 1 aliphatic heterocycles. The van der Waals surface area contributed by atoms with Gasteiger partial charge in [-0.1, -0.05) is 31.2 Å². The Morgan fingerprint density at radius 1 is 1.31 bits per heavy atom. The zero-order valence-electron chi connectivity index (χ0n) is 15.6. The molecule has 0 spiro atoms. The fourth-order valence-corrected chi connectivity index (χ4v) is 5.03. The summed E-state index contributed by atoms with van der Waals surface area (Å²) in [4.78, 5) is 17.6. The van der Waals surface area contributed by atoms with Gasteiger partial charge in [0.25, 0.3) is 0 Å². The normalized spacial score (nSPS) is 15.3. The number of aromatic nitrogens is 1. The van der Waals surface area contributed by atoms with Crippen LogP contribution < -0.4 is 10.1 Å². The highest BCUT2D eigenvalue weighted by atomic mass is 35.5. The largest absolute Gasteiger partial charge is 0.495 e. The van der Waals surface area contributed by atoms with Crippen LogP contribution in [-0.2, 0) is 16.1 Å². The summed E-state index contributed by atoms with van der Waals surface area (Å²) in [5, 5.41) is 2.68. The van der Waals surface area contributed by atoms with Gasteiger partial charge < -0.3 is 24.1 Å². The maximum Gasteiger partial charge on any atom is 0.410 e. The number of H-pyrrole nitrogens is 1. The second kappa shape index (κ2) is 7.50. The van der Waals surface area contributed by atoms with E-state index in [0.717, 1.165) is 21.8 Å². The lowest BCUT2D eigenvalue weighted by Gasteiger charge is -2.26. The number of nitrogens with one attached hydrogen (secondary N) is 1. The van der Waals surface area contributed by atoms with Gasteiger partial charge in [0.2, 0.25) is 0 Å². The smallest absolute Gasteiger partial charge is 0.410 e. The standard InChI is InChI=1S/C18H25ClN2O4Si/c1-23-15-10-12(19)9-13-14(17(20-16(13)15)26(2,3)4)11-25-18(22)21-5-7-24-8-6-21/h9-10,20H,5-8,11H2,1-4H3. The lowest BCUT2D eigenvalue weighted by atomic mass is 10.1. The van der Waals surface area contributed by atoms with E-state index in [2.05, 4.69) is 24.6 Å². The molecule has 8 heteroatoms. The summed E-state index contributed by atoms with van der Waals surface area (Å²) in [6, 6.07) is 3.69. The molecule has 1 aromatic carbocycles. The van der Waals surface area contributed by atoms with Gasteiger partial charge in [0.15, 0.2) is 0 Å². The number of halogens is 1. The van der Waals surface area contributed by atoms with Gasteiger partial charge in [-0.05, 0) is 6.07 Å². The van der Waals surface area contributed by atoms with Crippen molar-refractivity contribution < 1.29 is 19.0 Å². The van der Waals surface area contributed by atoms with Gasteiger partial charge in [0, 0.05) is 40.4 Å². The van der Waals surface area contributed by atoms with Crippen molar-refractivity contribution in [3.05, 3.63) is 22.7 Å². The molecule has 1 saturated heterocycles. The molecular formula is C18H25ClN2O4Si. The van der Waals surface area contributed by atoms with Gasteiger partial charge >= 0.3 is 6.09 Å². The van der Waals surface area contributed by atoms with Crippen molar-refractivity contribution >= 4 is 42.0 Å². The number of methoxy groups -OCH3 is 1. The minimum Gasteiger partial charge on any atom is -0.495 e. The molecule has 1 fully saturated rings. The van der Waals surface area contributed by atoms with Crippen molar-refractivity contribution in [2.45, 2.75) is 26.2 Å². The summed E-state index contributed by atoms with van der Waals surface area (Å²) in [6.45, 7) is 9.18. The van der Waals surface area contributed by atoms with E-state index >= 15 is 0 Å². The summed E-state index contributed by atoms with van der Waals surface area (Å²) in [5.74, 6) is 0.692. The van der Waals surface area contributed by atoms with Crippen molar-refractivity contribution in [3.63, 3.8) is 0 Å².